The SMILES string of the molecule is O=C(O)CCCN1CCCCC1C(=O)Nc1ccc(Cl)c(Cl)c1. The number of likely N-dealkylation sites (tertiary alicyclic amines) is 1. The van der Waals surface area contributed by atoms with E-state index in [0.717, 1.165) is 25.8 Å². The number of hydrogen-bond acceptors (Lipinski definition) is 3. The number of nitrogens with one attached hydrogen (secondary N) is 1. The molecule has 1 unspecified atom stereocenters. The van der Waals surface area contributed by atoms with E-state index < -0.39 is 5.97 Å². The zero-order valence-electron chi connectivity index (χ0n) is 12.7. The number of hydrogen-bond donors (Lipinski definition) is 2. The molecular weight excluding hydrogens is 339 g/mol. The van der Waals surface area contributed by atoms with Gasteiger partial charge in [-0.15, -0.1) is 0 Å². The minimum atomic E-state index is -0.807. The van der Waals surface area contributed by atoms with E-state index in [9.17, 15) is 9.59 Å². The number of carbonyl (C=O) groups is 2. The van der Waals surface area contributed by atoms with Crippen molar-refractivity contribution < 1.29 is 14.7 Å². The third-order valence-electron chi connectivity index (χ3n) is 3.94. The predicted octanol–water partition coefficient (Wildman–Crippen LogP) is 3.65. The first-order valence-corrected chi connectivity index (χ1v) is 8.44. The Hall–Kier alpha value is -1.30. The summed E-state index contributed by atoms with van der Waals surface area (Å²) in [7, 11) is 0. The Bertz CT molecular complexity index is 580. The third-order valence-corrected chi connectivity index (χ3v) is 4.68. The van der Waals surface area contributed by atoms with Crippen molar-refractivity contribution in [3.63, 3.8) is 0 Å². The van der Waals surface area contributed by atoms with Crippen LogP contribution in [0.1, 0.15) is 32.1 Å². The summed E-state index contributed by atoms with van der Waals surface area (Å²) in [4.78, 5) is 25.2. The summed E-state index contributed by atoms with van der Waals surface area (Å²) in [5.41, 5.74) is 0.612. The highest BCUT2D eigenvalue weighted by atomic mass is 35.5. The number of halogens is 2. The van der Waals surface area contributed by atoms with Gasteiger partial charge in [0.25, 0.3) is 0 Å². The summed E-state index contributed by atoms with van der Waals surface area (Å²) in [5.74, 6) is -0.891. The fourth-order valence-corrected chi connectivity index (χ4v) is 3.09. The maximum absolute atomic E-state index is 12.5. The normalized spacial score (nSPS) is 18.6. The lowest BCUT2D eigenvalue weighted by atomic mass is 10.0. The van der Waals surface area contributed by atoms with Crippen molar-refractivity contribution in [2.75, 3.05) is 18.4 Å². The Kier molecular flexibility index (Phi) is 6.69. The second kappa shape index (κ2) is 8.52. The Morgan fingerprint density at radius 2 is 2.04 bits per heavy atom. The first-order chi connectivity index (χ1) is 11.0. The third kappa shape index (κ3) is 5.37. The van der Waals surface area contributed by atoms with Crippen molar-refractivity contribution in [2.24, 2.45) is 0 Å². The average Bonchev–Trinajstić information content (AvgIpc) is 2.51. The summed E-state index contributed by atoms with van der Waals surface area (Å²) >= 11 is 11.8. The van der Waals surface area contributed by atoms with E-state index in [4.69, 9.17) is 28.3 Å². The smallest absolute Gasteiger partial charge is 0.303 e. The van der Waals surface area contributed by atoms with Crippen molar-refractivity contribution in [1.82, 2.24) is 4.90 Å². The largest absolute Gasteiger partial charge is 0.481 e. The van der Waals surface area contributed by atoms with E-state index in [-0.39, 0.29) is 18.4 Å². The van der Waals surface area contributed by atoms with E-state index in [1.165, 1.54) is 0 Å². The van der Waals surface area contributed by atoms with Gasteiger partial charge in [-0.1, -0.05) is 29.6 Å². The van der Waals surface area contributed by atoms with Crippen LogP contribution < -0.4 is 5.32 Å². The van der Waals surface area contributed by atoms with Gasteiger partial charge >= 0.3 is 5.97 Å². The number of nitrogens with zero attached hydrogens (tertiary/aromatic N) is 1. The van der Waals surface area contributed by atoms with Crippen LogP contribution in [0.3, 0.4) is 0 Å². The fourth-order valence-electron chi connectivity index (χ4n) is 2.79. The molecule has 5 nitrogen and oxygen atoms in total. The van der Waals surface area contributed by atoms with Gasteiger partial charge in [0.15, 0.2) is 0 Å². The van der Waals surface area contributed by atoms with Crippen LogP contribution in [0.5, 0.6) is 0 Å². The number of rotatable bonds is 6. The molecule has 0 bridgehead atoms. The van der Waals surface area contributed by atoms with Crippen molar-refractivity contribution >= 4 is 40.8 Å². The second-order valence-corrected chi connectivity index (χ2v) is 6.48. The summed E-state index contributed by atoms with van der Waals surface area (Å²) in [6.45, 7) is 1.44. The van der Waals surface area contributed by atoms with Crippen LogP contribution in [0.15, 0.2) is 18.2 Å². The van der Waals surface area contributed by atoms with Gasteiger partial charge in [-0.2, -0.15) is 0 Å². The summed E-state index contributed by atoms with van der Waals surface area (Å²) in [5, 5.41) is 12.4. The standard InChI is InChI=1S/C16H20Cl2N2O3/c17-12-7-6-11(10-13(12)18)19-16(23)14-4-1-2-8-20(14)9-3-5-15(21)22/h6-7,10,14H,1-5,8-9H2,(H,19,23)(H,21,22). The van der Waals surface area contributed by atoms with E-state index in [1.807, 2.05) is 0 Å². The van der Waals surface area contributed by atoms with Gasteiger partial charge in [-0.25, -0.2) is 0 Å². The Morgan fingerprint density at radius 3 is 2.74 bits per heavy atom. The molecule has 1 aromatic rings. The lowest BCUT2D eigenvalue weighted by molar-refractivity contribution is -0.137. The maximum Gasteiger partial charge on any atom is 0.303 e. The lowest BCUT2D eigenvalue weighted by Gasteiger charge is -2.34. The molecule has 0 saturated carbocycles. The molecule has 0 aliphatic carbocycles. The van der Waals surface area contributed by atoms with Gasteiger partial charge in [0, 0.05) is 12.1 Å². The summed E-state index contributed by atoms with van der Waals surface area (Å²) in [6.07, 6.45) is 3.47. The van der Waals surface area contributed by atoms with Crippen molar-refractivity contribution in [3.05, 3.63) is 28.2 Å². The monoisotopic (exact) mass is 358 g/mol. The number of amides is 1. The van der Waals surface area contributed by atoms with Crippen molar-refractivity contribution in [1.29, 1.82) is 0 Å². The highest BCUT2D eigenvalue weighted by molar-refractivity contribution is 6.42. The molecule has 23 heavy (non-hydrogen) atoms. The maximum atomic E-state index is 12.5. The zero-order valence-corrected chi connectivity index (χ0v) is 14.2. The first-order valence-electron chi connectivity index (χ1n) is 7.69. The van der Waals surface area contributed by atoms with Gasteiger partial charge in [-0.05, 0) is 50.6 Å². The fraction of sp³-hybridized carbons (Fsp3) is 0.500. The first kappa shape index (κ1) is 18.0. The van der Waals surface area contributed by atoms with E-state index in [1.54, 1.807) is 18.2 Å². The molecule has 2 rings (SSSR count). The topological polar surface area (TPSA) is 69.6 Å². The Balaban J connectivity index is 1.96. The quantitative estimate of drug-likeness (QED) is 0.814. The zero-order chi connectivity index (χ0) is 16.8. The molecule has 1 aromatic carbocycles. The van der Waals surface area contributed by atoms with Crippen LogP contribution >= 0.6 is 23.2 Å². The average molecular weight is 359 g/mol. The van der Waals surface area contributed by atoms with Crippen molar-refractivity contribution in [2.45, 2.75) is 38.1 Å². The molecule has 7 heteroatoms. The molecule has 1 aliphatic heterocycles. The van der Waals surface area contributed by atoms with Gasteiger partial charge < -0.3 is 10.4 Å². The number of carboxylic acid groups (broad SMARTS) is 1. The van der Waals surface area contributed by atoms with Crippen molar-refractivity contribution in [3.8, 4) is 0 Å². The van der Waals surface area contributed by atoms with E-state index >= 15 is 0 Å². The highest BCUT2D eigenvalue weighted by Crippen LogP contribution is 2.26. The molecule has 0 spiro atoms. The van der Waals surface area contributed by atoms with Gasteiger partial charge in [0.2, 0.25) is 5.91 Å². The Labute approximate surface area is 145 Å². The minimum Gasteiger partial charge on any atom is -0.481 e. The number of carboxylic acids is 1. The molecule has 2 N–H and O–H groups in total. The van der Waals surface area contributed by atoms with Crippen LogP contribution in [0.2, 0.25) is 10.0 Å². The van der Waals surface area contributed by atoms with Crippen LogP contribution in [0, 0.1) is 0 Å². The molecule has 1 heterocycles. The molecule has 0 radical (unpaired) electrons. The predicted molar refractivity (Wildman–Crippen MR) is 91.2 cm³/mol. The van der Waals surface area contributed by atoms with Gasteiger partial charge in [0.1, 0.15) is 0 Å². The second-order valence-electron chi connectivity index (χ2n) is 5.66. The van der Waals surface area contributed by atoms with E-state index in [2.05, 4.69) is 10.2 Å². The number of carbonyl (C=O) groups excluding carboxylic acids is 1. The highest BCUT2D eigenvalue weighted by Gasteiger charge is 2.28. The molecule has 1 fully saturated rings. The molecule has 126 valence electrons. The number of piperidine rings is 1. The molecular formula is C16H20Cl2N2O3. The summed E-state index contributed by atoms with van der Waals surface area (Å²) < 4.78 is 0. The summed E-state index contributed by atoms with van der Waals surface area (Å²) in [6, 6.07) is 4.75. The number of aliphatic carboxylic acids is 1. The molecule has 0 aromatic heterocycles. The molecule has 1 amide bonds. The lowest BCUT2D eigenvalue weighted by Crippen LogP contribution is -2.47. The number of benzene rings is 1. The van der Waals surface area contributed by atoms with Crippen LogP contribution in [0.25, 0.3) is 0 Å². The minimum absolute atomic E-state index is 0.0848. The van der Waals surface area contributed by atoms with Gasteiger partial charge in [-0.3, -0.25) is 14.5 Å². The van der Waals surface area contributed by atoms with Crippen LogP contribution in [-0.2, 0) is 9.59 Å². The van der Waals surface area contributed by atoms with E-state index in [0.29, 0.717) is 28.7 Å². The Morgan fingerprint density at radius 1 is 1.26 bits per heavy atom. The van der Waals surface area contributed by atoms with Crippen LogP contribution in [0.4, 0.5) is 5.69 Å². The molecule has 1 atom stereocenters. The van der Waals surface area contributed by atoms with Crippen LogP contribution in [-0.4, -0.2) is 41.0 Å². The molecule has 1 saturated heterocycles. The number of anilines is 1. The molecule has 1 aliphatic rings. The van der Waals surface area contributed by atoms with Gasteiger partial charge in [0.05, 0.1) is 16.1 Å².